The van der Waals surface area contributed by atoms with Crippen molar-refractivity contribution in [2.75, 3.05) is 20.7 Å². The Bertz CT molecular complexity index is 945. The second-order valence-electron chi connectivity index (χ2n) is 5.26. The van der Waals surface area contributed by atoms with Gasteiger partial charge in [-0.3, -0.25) is 14.0 Å². The number of hydrogen-bond donors (Lipinski definition) is 0. The largest absolute Gasteiger partial charge is 0.497 e. The van der Waals surface area contributed by atoms with Gasteiger partial charge in [-0.2, -0.15) is 0 Å². The monoisotopic (exact) mass is 331 g/mol. The van der Waals surface area contributed by atoms with E-state index in [0.29, 0.717) is 11.5 Å². The van der Waals surface area contributed by atoms with Crippen molar-refractivity contribution < 1.29 is 9.53 Å². The molecule has 0 aliphatic heterocycles. The van der Waals surface area contributed by atoms with Crippen LogP contribution in [0.1, 0.15) is 23.7 Å². The predicted octanol–water partition coefficient (Wildman–Crippen LogP) is 2.40. The fraction of sp³-hybridized carbons (Fsp3) is 0.312. The SMILES string of the molecule is CCCN(C)C(=O)c1cnc2sc3cc(OC)ccc3n2c1=O. The maximum atomic E-state index is 12.8. The molecule has 0 aliphatic rings. The Morgan fingerprint density at radius 3 is 2.91 bits per heavy atom. The number of methoxy groups -OCH3 is 1. The first-order chi connectivity index (χ1) is 11.1. The van der Waals surface area contributed by atoms with Crippen molar-refractivity contribution in [2.45, 2.75) is 13.3 Å². The van der Waals surface area contributed by atoms with Gasteiger partial charge in [-0.25, -0.2) is 4.98 Å². The van der Waals surface area contributed by atoms with E-state index in [0.717, 1.165) is 22.4 Å². The van der Waals surface area contributed by atoms with E-state index >= 15 is 0 Å². The van der Waals surface area contributed by atoms with Crippen LogP contribution in [0.25, 0.3) is 15.2 Å². The van der Waals surface area contributed by atoms with Crippen LogP contribution in [0.15, 0.2) is 29.2 Å². The second-order valence-corrected chi connectivity index (χ2v) is 6.27. The Morgan fingerprint density at radius 2 is 2.22 bits per heavy atom. The highest BCUT2D eigenvalue weighted by molar-refractivity contribution is 7.23. The number of carbonyl (C=O) groups excluding carboxylic acids is 1. The van der Waals surface area contributed by atoms with Gasteiger partial charge in [0.2, 0.25) is 0 Å². The van der Waals surface area contributed by atoms with Gasteiger partial charge < -0.3 is 9.64 Å². The lowest BCUT2D eigenvalue weighted by atomic mass is 10.2. The van der Waals surface area contributed by atoms with Crippen LogP contribution in [0.3, 0.4) is 0 Å². The van der Waals surface area contributed by atoms with Crippen LogP contribution in [0, 0.1) is 0 Å². The van der Waals surface area contributed by atoms with Crippen molar-refractivity contribution >= 4 is 32.4 Å². The van der Waals surface area contributed by atoms with Gasteiger partial charge in [0, 0.05) is 19.8 Å². The molecule has 3 aromatic rings. The molecule has 0 radical (unpaired) electrons. The van der Waals surface area contributed by atoms with E-state index in [2.05, 4.69) is 4.98 Å². The Kier molecular flexibility index (Phi) is 4.04. The van der Waals surface area contributed by atoms with Crippen molar-refractivity contribution in [1.29, 1.82) is 0 Å². The topological polar surface area (TPSA) is 63.9 Å². The summed E-state index contributed by atoms with van der Waals surface area (Å²) in [5, 5.41) is 0. The van der Waals surface area contributed by atoms with Gasteiger partial charge in [0.15, 0.2) is 4.96 Å². The molecule has 0 unspecified atom stereocenters. The van der Waals surface area contributed by atoms with Gasteiger partial charge in [0.1, 0.15) is 11.3 Å². The number of aromatic nitrogens is 2. The number of thiazole rings is 1. The molecule has 1 aromatic carbocycles. The number of nitrogens with zero attached hydrogens (tertiary/aromatic N) is 3. The zero-order valence-electron chi connectivity index (χ0n) is 13.2. The molecule has 3 rings (SSSR count). The normalized spacial score (nSPS) is 11.1. The third-order valence-electron chi connectivity index (χ3n) is 3.67. The molecule has 0 aliphatic carbocycles. The van der Waals surface area contributed by atoms with Crippen molar-refractivity contribution in [1.82, 2.24) is 14.3 Å². The fourth-order valence-corrected chi connectivity index (χ4v) is 3.51. The third-order valence-corrected chi connectivity index (χ3v) is 4.69. The van der Waals surface area contributed by atoms with Gasteiger partial charge in [0.25, 0.3) is 11.5 Å². The maximum absolute atomic E-state index is 12.8. The average molecular weight is 331 g/mol. The molecular formula is C16H17N3O3S. The molecule has 0 saturated carbocycles. The zero-order chi connectivity index (χ0) is 16.6. The first-order valence-electron chi connectivity index (χ1n) is 7.30. The lowest BCUT2D eigenvalue weighted by molar-refractivity contribution is 0.0793. The molecule has 2 heterocycles. The predicted molar refractivity (Wildman–Crippen MR) is 90.6 cm³/mol. The van der Waals surface area contributed by atoms with E-state index in [1.807, 2.05) is 19.1 Å². The molecule has 6 nitrogen and oxygen atoms in total. The minimum atomic E-state index is -0.334. The second kappa shape index (κ2) is 6.00. The first kappa shape index (κ1) is 15.5. The van der Waals surface area contributed by atoms with Crippen LogP contribution in [0.2, 0.25) is 0 Å². The summed E-state index contributed by atoms with van der Waals surface area (Å²) in [6.45, 7) is 2.58. The number of ether oxygens (including phenoxy) is 1. The summed E-state index contributed by atoms with van der Waals surface area (Å²) in [5.74, 6) is 0.419. The summed E-state index contributed by atoms with van der Waals surface area (Å²) >= 11 is 1.39. The number of carbonyl (C=O) groups is 1. The summed E-state index contributed by atoms with van der Waals surface area (Å²) in [7, 11) is 3.29. The van der Waals surface area contributed by atoms with Crippen LogP contribution in [-0.4, -0.2) is 40.9 Å². The van der Waals surface area contributed by atoms with E-state index in [9.17, 15) is 9.59 Å². The number of hydrogen-bond acceptors (Lipinski definition) is 5. The van der Waals surface area contributed by atoms with Crippen molar-refractivity contribution in [3.8, 4) is 5.75 Å². The van der Waals surface area contributed by atoms with Gasteiger partial charge in [0.05, 0.1) is 17.3 Å². The summed E-state index contributed by atoms with van der Waals surface area (Å²) in [6, 6.07) is 5.46. The molecule has 0 bridgehead atoms. The minimum absolute atomic E-state index is 0.0916. The highest BCUT2D eigenvalue weighted by Gasteiger charge is 2.19. The van der Waals surface area contributed by atoms with Gasteiger partial charge in [-0.15, -0.1) is 0 Å². The number of fused-ring (bicyclic) bond motifs is 3. The van der Waals surface area contributed by atoms with E-state index in [1.54, 1.807) is 25.1 Å². The minimum Gasteiger partial charge on any atom is -0.497 e. The third kappa shape index (κ3) is 2.57. The molecule has 0 atom stereocenters. The molecule has 0 spiro atoms. The van der Waals surface area contributed by atoms with Crippen LogP contribution in [0.4, 0.5) is 0 Å². The smallest absolute Gasteiger partial charge is 0.271 e. The zero-order valence-corrected chi connectivity index (χ0v) is 14.0. The Labute approximate surface area is 136 Å². The molecule has 0 saturated heterocycles. The van der Waals surface area contributed by atoms with Crippen molar-refractivity contribution in [2.24, 2.45) is 0 Å². The van der Waals surface area contributed by atoms with Crippen molar-refractivity contribution in [3.63, 3.8) is 0 Å². The lowest BCUT2D eigenvalue weighted by Gasteiger charge is -2.15. The molecule has 0 N–H and O–H groups in total. The molecule has 2 aromatic heterocycles. The summed E-state index contributed by atoms with van der Waals surface area (Å²) in [5.41, 5.74) is 0.490. The number of benzene rings is 1. The Balaban J connectivity index is 2.20. The van der Waals surface area contributed by atoms with Gasteiger partial charge >= 0.3 is 0 Å². The molecule has 0 fully saturated rings. The highest BCUT2D eigenvalue weighted by Crippen LogP contribution is 2.27. The van der Waals surface area contributed by atoms with E-state index in [-0.39, 0.29) is 17.0 Å². The molecule has 120 valence electrons. The van der Waals surface area contributed by atoms with E-state index in [1.165, 1.54) is 21.9 Å². The van der Waals surface area contributed by atoms with Gasteiger partial charge in [-0.1, -0.05) is 18.3 Å². The van der Waals surface area contributed by atoms with Crippen LogP contribution < -0.4 is 10.3 Å². The van der Waals surface area contributed by atoms with E-state index < -0.39 is 0 Å². The van der Waals surface area contributed by atoms with Crippen LogP contribution >= 0.6 is 11.3 Å². The maximum Gasteiger partial charge on any atom is 0.271 e. The standard InChI is InChI=1S/C16H17N3O3S/c1-4-7-18(2)14(20)11-9-17-16-19(15(11)21)12-6-5-10(22-3)8-13(12)23-16/h5-6,8-9H,4,7H2,1-3H3. The molecule has 23 heavy (non-hydrogen) atoms. The lowest BCUT2D eigenvalue weighted by Crippen LogP contribution is -2.33. The molecular weight excluding hydrogens is 314 g/mol. The molecule has 7 heteroatoms. The fourth-order valence-electron chi connectivity index (χ4n) is 2.50. The summed E-state index contributed by atoms with van der Waals surface area (Å²) in [6.07, 6.45) is 2.21. The van der Waals surface area contributed by atoms with Gasteiger partial charge in [-0.05, 0) is 24.6 Å². The number of amides is 1. The average Bonchev–Trinajstić information content (AvgIpc) is 2.93. The first-order valence-corrected chi connectivity index (χ1v) is 8.12. The van der Waals surface area contributed by atoms with Crippen LogP contribution in [0.5, 0.6) is 5.75 Å². The Hall–Kier alpha value is -2.41. The quantitative estimate of drug-likeness (QED) is 0.736. The van der Waals surface area contributed by atoms with Crippen LogP contribution in [-0.2, 0) is 0 Å². The number of rotatable bonds is 4. The summed E-state index contributed by atoms with van der Waals surface area (Å²) in [4.78, 5) is 31.6. The van der Waals surface area contributed by atoms with E-state index in [4.69, 9.17) is 4.74 Å². The molecule has 1 amide bonds. The van der Waals surface area contributed by atoms with Crippen molar-refractivity contribution in [3.05, 3.63) is 40.3 Å². The summed E-state index contributed by atoms with van der Waals surface area (Å²) < 4.78 is 7.59. The Morgan fingerprint density at radius 1 is 1.43 bits per heavy atom. The highest BCUT2D eigenvalue weighted by atomic mass is 32.1.